The van der Waals surface area contributed by atoms with Crippen molar-refractivity contribution in [2.24, 2.45) is 0 Å². The van der Waals surface area contributed by atoms with E-state index in [1.165, 1.54) is 0 Å². The molecule has 150 valence electrons. The van der Waals surface area contributed by atoms with Gasteiger partial charge < -0.3 is 9.50 Å². The van der Waals surface area contributed by atoms with Crippen LogP contribution in [0, 0.1) is 0 Å². The number of nitrogens with one attached hydrogen (secondary N) is 1. The van der Waals surface area contributed by atoms with Crippen LogP contribution in [0.2, 0.25) is 0 Å². The van der Waals surface area contributed by atoms with Gasteiger partial charge in [-0.05, 0) is 37.5 Å². The highest BCUT2D eigenvalue weighted by Crippen LogP contribution is 2.53. The number of piperazine rings is 1. The summed E-state index contributed by atoms with van der Waals surface area (Å²) < 4.78 is 34.0. The van der Waals surface area contributed by atoms with E-state index in [2.05, 4.69) is 38.6 Å². The molecule has 5 nitrogen and oxygen atoms in total. The molecule has 1 atom stereocenters. The summed E-state index contributed by atoms with van der Waals surface area (Å²) >= 11 is 0. The van der Waals surface area contributed by atoms with Crippen LogP contribution in [-0.4, -0.2) is 62.3 Å². The second-order valence-corrected chi connectivity index (χ2v) is 13.9. The van der Waals surface area contributed by atoms with Crippen molar-refractivity contribution in [3.63, 3.8) is 0 Å². The quantitative estimate of drug-likeness (QED) is 0.712. The van der Waals surface area contributed by atoms with Crippen molar-refractivity contribution in [3.8, 4) is 0 Å². The van der Waals surface area contributed by atoms with Gasteiger partial charge in [-0.25, -0.2) is 8.42 Å². The van der Waals surface area contributed by atoms with Crippen molar-refractivity contribution in [2.75, 3.05) is 38.8 Å². The molecule has 1 saturated heterocycles. The van der Waals surface area contributed by atoms with Crippen LogP contribution >= 0.6 is 10.3 Å². The Labute approximate surface area is 161 Å². The Bertz CT molecular complexity index is 670. The second-order valence-electron chi connectivity index (χ2n) is 8.10. The van der Waals surface area contributed by atoms with Crippen LogP contribution in [0.15, 0.2) is 35.2 Å². The molecule has 0 unspecified atom stereocenters. The number of benzene rings is 1. The lowest BCUT2D eigenvalue weighted by Crippen LogP contribution is -2.53. The summed E-state index contributed by atoms with van der Waals surface area (Å²) in [6.45, 7) is 9.21. The van der Waals surface area contributed by atoms with Crippen molar-refractivity contribution in [1.82, 2.24) is 9.62 Å². The predicted molar refractivity (Wildman–Crippen MR) is 111 cm³/mol. The van der Waals surface area contributed by atoms with Gasteiger partial charge >= 0.3 is 0 Å². The molecule has 0 bridgehead atoms. The van der Waals surface area contributed by atoms with Crippen molar-refractivity contribution in [1.29, 1.82) is 0 Å². The van der Waals surface area contributed by atoms with Crippen molar-refractivity contribution in [2.45, 2.75) is 49.3 Å². The first-order valence-electron chi connectivity index (χ1n) is 9.20. The smallest absolute Gasteiger partial charge is 0.243 e. The molecule has 0 radical (unpaired) electrons. The van der Waals surface area contributed by atoms with Gasteiger partial charge in [0.2, 0.25) is 10.0 Å². The van der Waals surface area contributed by atoms with E-state index in [1.807, 2.05) is 6.07 Å². The Hall–Kier alpha value is -0.600. The minimum absolute atomic E-state index is 0.0229. The van der Waals surface area contributed by atoms with Gasteiger partial charge in [-0.2, -0.15) is 4.31 Å². The SMILES string of the molecule is CC(C)(C)S(C)(C)OCCC[C@H]1CNCCN1S(=O)(=O)c1ccccc1. The lowest BCUT2D eigenvalue weighted by atomic mass is 10.1. The molecule has 1 N–H and O–H groups in total. The first-order valence-corrected chi connectivity index (χ1v) is 13.0. The number of nitrogens with zero attached hydrogens (tertiary/aromatic N) is 1. The van der Waals surface area contributed by atoms with Crippen LogP contribution in [0.1, 0.15) is 33.6 Å². The molecule has 0 amide bonds. The fourth-order valence-corrected chi connectivity index (χ4v) is 5.36. The van der Waals surface area contributed by atoms with E-state index in [0.29, 0.717) is 31.1 Å². The molecule has 1 heterocycles. The second kappa shape index (κ2) is 8.61. The van der Waals surface area contributed by atoms with Crippen LogP contribution in [0.3, 0.4) is 0 Å². The average molecular weight is 403 g/mol. The van der Waals surface area contributed by atoms with Gasteiger partial charge in [0, 0.05) is 30.4 Å². The predicted octanol–water partition coefficient (Wildman–Crippen LogP) is 3.22. The van der Waals surface area contributed by atoms with Gasteiger partial charge in [-0.1, -0.05) is 39.0 Å². The van der Waals surface area contributed by atoms with Crippen LogP contribution in [0.5, 0.6) is 0 Å². The topological polar surface area (TPSA) is 58.6 Å². The Morgan fingerprint density at radius 1 is 1.19 bits per heavy atom. The number of rotatable bonds is 7. The summed E-state index contributed by atoms with van der Waals surface area (Å²) in [4.78, 5) is 0.376. The zero-order valence-corrected chi connectivity index (χ0v) is 18.3. The zero-order chi connectivity index (χ0) is 19.4. The fraction of sp³-hybridized carbons (Fsp3) is 0.684. The van der Waals surface area contributed by atoms with Gasteiger partial charge in [-0.15, -0.1) is 10.3 Å². The molecular weight excluding hydrogens is 368 g/mol. The normalized spacial score (nSPS) is 20.9. The molecule has 0 spiro atoms. The molecule has 0 aromatic heterocycles. The third kappa shape index (κ3) is 5.23. The highest BCUT2D eigenvalue weighted by Gasteiger charge is 2.33. The van der Waals surface area contributed by atoms with Crippen molar-refractivity contribution in [3.05, 3.63) is 30.3 Å². The number of hydrogen-bond acceptors (Lipinski definition) is 4. The van der Waals surface area contributed by atoms with Gasteiger partial charge in [0.1, 0.15) is 0 Å². The van der Waals surface area contributed by atoms with Gasteiger partial charge in [0.05, 0.1) is 11.5 Å². The Balaban J connectivity index is 1.97. The lowest BCUT2D eigenvalue weighted by Gasteiger charge is -2.44. The molecule has 1 aliphatic heterocycles. The largest absolute Gasteiger partial charge is 0.337 e. The molecule has 0 saturated carbocycles. The summed E-state index contributed by atoms with van der Waals surface area (Å²) in [6.07, 6.45) is 6.06. The molecule has 1 aromatic rings. The first-order chi connectivity index (χ1) is 12.1. The van der Waals surface area contributed by atoms with Gasteiger partial charge in [0.15, 0.2) is 0 Å². The molecule has 1 aromatic carbocycles. The van der Waals surface area contributed by atoms with E-state index in [4.69, 9.17) is 4.18 Å². The van der Waals surface area contributed by atoms with Crippen molar-refractivity contribution >= 4 is 20.3 Å². The summed E-state index contributed by atoms with van der Waals surface area (Å²) in [5, 5.41) is 3.33. The lowest BCUT2D eigenvalue weighted by molar-refractivity contribution is 0.236. The van der Waals surface area contributed by atoms with E-state index < -0.39 is 20.3 Å². The van der Waals surface area contributed by atoms with Gasteiger partial charge in [-0.3, -0.25) is 0 Å². The van der Waals surface area contributed by atoms with E-state index >= 15 is 0 Å². The van der Waals surface area contributed by atoms with E-state index in [0.717, 1.165) is 12.8 Å². The standard InChI is InChI=1S/C19H34N2O3S2/c1-19(2,3)25(4,5)24-15-9-10-17-16-20-13-14-21(17)26(22,23)18-11-7-6-8-12-18/h6-8,11-12,17,20H,9-10,13-16H2,1-5H3/t17-/m0/s1. The van der Waals surface area contributed by atoms with E-state index in [1.54, 1.807) is 28.6 Å². The van der Waals surface area contributed by atoms with Crippen LogP contribution in [0.4, 0.5) is 0 Å². The Morgan fingerprint density at radius 3 is 2.46 bits per heavy atom. The maximum absolute atomic E-state index is 13.0. The Kier molecular flexibility index (Phi) is 7.18. The highest BCUT2D eigenvalue weighted by atomic mass is 32.3. The molecule has 26 heavy (non-hydrogen) atoms. The monoisotopic (exact) mass is 402 g/mol. The third-order valence-electron chi connectivity index (χ3n) is 5.18. The summed E-state index contributed by atoms with van der Waals surface area (Å²) in [5.74, 6) is 0. The fourth-order valence-electron chi connectivity index (χ4n) is 2.80. The molecule has 1 aliphatic rings. The minimum Gasteiger partial charge on any atom is -0.337 e. The average Bonchev–Trinajstić information content (AvgIpc) is 2.59. The maximum Gasteiger partial charge on any atom is 0.243 e. The number of hydrogen-bond donors (Lipinski definition) is 1. The molecule has 7 heteroatoms. The molecule has 2 rings (SSSR count). The Morgan fingerprint density at radius 2 is 1.85 bits per heavy atom. The van der Waals surface area contributed by atoms with Crippen LogP contribution < -0.4 is 5.32 Å². The molecular formula is C19H34N2O3S2. The van der Waals surface area contributed by atoms with E-state index in [-0.39, 0.29) is 10.8 Å². The van der Waals surface area contributed by atoms with Crippen LogP contribution in [0.25, 0.3) is 0 Å². The zero-order valence-electron chi connectivity index (χ0n) is 16.7. The maximum atomic E-state index is 13.0. The summed E-state index contributed by atoms with van der Waals surface area (Å²) in [5.41, 5.74) is 0. The van der Waals surface area contributed by atoms with E-state index in [9.17, 15) is 8.42 Å². The van der Waals surface area contributed by atoms with Crippen molar-refractivity contribution < 1.29 is 12.6 Å². The number of sulfonamides is 1. The summed E-state index contributed by atoms with van der Waals surface area (Å²) in [7, 11) is -4.58. The third-order valence-corrected chi connectivity index (χ3v) is 10.9. The van der Waals surface area contributed by atoms with Crippen LogP contribution in [-0.2, 0) is 14.2 Å². The van der Waals surface area contributed by atoms with Gasteiger partial charge in [0.25, 0.3) is 0 Å². The molecule has 1 fully saturated rings. The minimum atomic E-state index is -3.44. The summed E-state index contributed by atoms with van der Waals surface area (Å²) in [6, 6.07) is 8.71. The highest BCUT2D eigenvalue weighted by molar-refractivity contribution is 8.29. The first kappa shape index (κ1) is 21.7. The molecule has 0 aliphatic carbocycles.